The molecule has 1 aromatic rings. The van der Waals surface area contributed by atoms with E-state index in [2.05, 4.69) is 30.9 Å². The number of fused-ring (bicyclic) bond motifs is 1. The van der Waals surface area contributed by atoms with Gasteiger partial charge in [-0.25, -0.2) is 0 Å². The third-order valence-corrected chi connectivity index (χ3v) is 4.41. The number of nitrogens with two attached hydrogens (primary N) is 2. The lowest BCUT2D eigenvalue weighted by atomic mass is 10.00. The zero-order chi connectivity index (χ0) is 14.5. The molecule has 0 amide bonds. The van der Waals surface area contributed by atoms with Gasteiger partial charge in [-0.1, -0.05) is 26.0 Å². The Balaban J connectivity index is 2.17. The molecule has 2 rings (SSSR count). The van der Waals surface area contributed by atoms with Crippen molar-refractivity contribution in [2.45, 2.75) is 58.7 Å². The normalized spacial score (nSPS) is 15.1. The second-order valence-corrected chi connectivity index (χ2v) is 5.90. The van der Waals surface area contributed by atoms with E-state index in [-0.39, 0.29) is 0 Å². The molecule has 0 spiro atoms. The predicted molar refractivity (Wildman–Crippen MR) is 85.6 cm³/mol. The highest BCUT2D eigenvalue weighted by Crippen LogP contribution is 2.29. The smallest absolute Gasteiger partial charge is 0.0181 e. The zero-order valence-corrected chi connectivity index (χ0v) is 13.0. The molecule has 20 heavy (non-hydrogen) atoms. The Kier molecular flexibility index (Phi) is 5.58. The molecule has 4 N–H and O–H groups in total. The Labute approximate surface area is 123 Å². The number of nitrogens with zero attached hydrogens (tertiary/aromatic N) is 1. The molecule has 0 saturated carbocycles. The first-order valence-corrected chi connectivity index (χ1v) is 8.01. The zero-order valence-electron chi connectivity index (χ0n) is 13.0. The number of benzene rings is 1. The number of hydrogen-bond acceptors (Lipinski definition) is 3. The van der Waals surface area contributed by atoms with Crippen molar-refractivity contribution in [3.05, 3.63) is 34.4 Å². The van der Waals surface area contributed by atoms with Gasteiger partial charge in [0.05, 0.1) is 0 Å². The third-order valence-electron chi connectivity index (χ3n) is 4.41. The molecule has 1 aliphatic carbocycles. The van der Waals surface area contributed by atoms with Crippen molar-refractivity contribution in [1.29, 1.82) is 0 Å². The standard InChI is InChI=1S/C17H29N3/c1-3-5-20(6-4-2)17-9-13-7-15(11-18)16(12-19)8-14(13)10-17/h7-8,17H,3-6,9-12,18-19H2,1-2H3. The molecule has 3 nitrogen and oxygen atoms in total. The minimum Gasteiger partial charge on any atom is -0.326 e. The topological polar surface area (TPSA) is 55.3 Å². The van der Waals surface area contributed by atoms with Gasteiger partial charge in [-0.05, 0) is 61.0 Å². The van der Waals surface area contributed by atoms with Crippen molar-refractivity contribution >= 4 is 0 Å². The number of rotatable bonds is 7. The Morgan fingerprint density at radius 1 is 0.950 bits per heavy atom. The van der Waals surface area contributed by atoms with Gasteiger partial charge < -0.3 is 11.5 Å². The summed E-state index contributed by atoms with van der Waals surface area (Å²) in [6, 6.07) is 5.27. The van der Waals surface area contributed by atoms with Crippen molar-refractivity contribution in [2.75, 3.05) is 13.1 Å². The molecule has 3 heteroatoms. The summed E-state index contributed by atoms with van der Waals surface area (Å²) < 4.78 is 0. The minimum absolute atomic E-state index is 0.595. The molecule has 0 atom stereocenters. The molecule has 0 saturated heterocycles. The van der Waals surface area contributed by atoms with Crippen LogP contribution in [0.4, 0.5) is 0 Å². The first kappa shape index (κ1) is 15.5. The highest BCUT2D eigenvalue weighted by molar-refractivity contribution is 5.42. The van der Waals surface area contributed by atoms with Crippen LogP contribution in [-0.2, 0) is 25.9 Å². The van der Waals surface area contributed by atoms with E-state index in [4.69, 9.17) is 11.5 Å². The van der Waals surface area contributed by atoms with Gasteiger partial charge in [-0.3, -0.25) is 4.90 Å². The maximum atomic E-state index is 5.84. The van der Waals surface area contributed by atoms with E-state index in [0.29, 0.717) is 19.1 Å². The van der Waals surface area contributed by atoms with Gasteiger partial charge in [0.15, 0.2) is 0 Å². The van der Waals surface area contributed by atoms with Crippen LogP contribution in [-0.4, -0.2) is 24.0 Å². The summed E-state index contributed by atoms with van der Waals surface area (Å²) >= 11 is 0. The molecular formula is C17H29N3. The van der Waals surface area contributed by atoms with E-state index in [1.165, 1.54) is 61.0 Å². The van der Waals surface area contributed by atoms with E-state index < -0.39 is 0 Å². The fraction of sp³-hybridized carbons (Fsp3) is 0.647. The van der Waals surface area contributed by atoms with Gasteiger partial charge >= 0.3 is 0 Å². The van der Waals surface area contributed by atoms with Crippen LogP contribution in [0.1, 0.15) is 48.9 Å². The second-order valence-electron chi connectivity index (χ2n) is 5.90. The van der Waals surface area contributed by atoms with Crippen LogP contribution in [0.5, 0.6) is 0 Å². The minimum atomic E-state index is 0.595. The van der Waals surface area contributed by atoms with Crippen molar-refractivity contribution in [3.8, 4) is 0 Å². The van der Waals surface area contributed by atoms with Crippen LogP contribution in [0.3, 0.4) is 0 Å². The van der Waals surface area contributed by atoms with Crippen molar-refractivity contribution in [3.63, 3.8) is 0 Å². The van der Waals surface area contributed by atoms with Crippen LogP contribution in [0, 0.1) is 0 Å². The van der Waals surface area contributed by atoms with Crippen LogP contribution >= 0.6 is 0 Å². The quantitative estimate of drug-likeness (QED) is 0.802. The maximum Gasteiger partial charge on any atom is 0.0181 e. The van der Waals surface area contributed by atoms with Crippen LogP contribution in [0.25, 0.3) is 0 Å². The maximum absolute atomic E-state index is 5.84. The summed E-state index contributed by atoms with van der Waals surface area (Å²) in [5.41, 5.74) is 17.1. The summed E-state index contributed by atoms with van der Waals surface area (Å²) in [6.45, 7) is 8.14. The molecule has 0 bridgehead atoms. The lowest BCUT2D eigenvalue weighted by molar-refractivity contribution is 0.202. The van der Waals surface area contributed by atoms with Crippen molar-refractivity contribution in [2.24, 2.45) is 11.5 Å². The molecule has 1 aromatic carbocycles. The highest BCUT2D eigenvalue weighted by atomic mass is 15.1. The van der Waals surface area contributed by atoms with E-state index in [1.807, 2.05) is 0 Å². The first-order chi connectivity index (χ1) is 9.73. The molecule has 0 unspecified atom stereocenters. The molecule has 0 aromatic heterocycles. The molecule has 0 fully saturated rings. The highest BCUT2D eigenvalue weighted by Gasteiger charge is 2.26. The van der Waals surface area contributed by atoms with E-state index in [0.717, 1.165) is 0 Å². The molecule has 0 radical (unpaired) electrons. The average molecular weight is 275 g/mol. The van der Waals surface area contributed by atoms with E-state index in [9.17, 15) is 0 Å². The van der Waals surface area contributed by atoms with Crippen LogP contribution in [0.2, 0.25) is 0 Å². The van der Waals surface area contributed by atoms with Gasteiger partial charge in [0.25, 0.3) is 0 Å². The number of hydrogen-bond donors (Lipinski definition) is 2. The Hall–Kier alpha value is -0.900. The van der Waals surface area contributed by atoms with E-state index in [1.54, 1.807) is 0 Å². The second kappa shape index (κ2) is 7.21. The van der Waals surface area contributed by atoms with Gasteiger partial charge in [-0.2, -0.15) is 0 Å². The summed E-state index contributed by atoms with van der Waals surface area (Å²) in [7, 11) is 0. The van der Waals surface area contributed by atoms with Crippen LogP contribution in [0.15, 0.2) is 12.1 Å². The largest absolute Gasteiger partial charge is 0.326 e. The monoisotopic (exact) mass is 275 g/mol. The average Bonchev–Trinajstić information content (AvgIpc) is 2.88. The Morgan fingerprint density at radius 3 is 1.75 bits per heavy atom. The van der Waals surface area contributed by atoms with E-state index >= 15 is 0 Å². The van der Waals surface area contributed by atoms with Crippen LogP contribution < -0.4 is 11.5 Å². The summed E-state index contributed by atoms with van der Waals surface area (Å²) in [5, 5.41) is 0. The van der Waals surface area contributed by atoms with Gasteiger partial charge in [-0.15, -0.1) is 0 Å². The van der Waals surface area contributed by atoms with Gasteiger partial charge in [0.1, 0.15) is 0 Å². The van der Waals surface area contributed by atoms with Crippen molar-refractivity contribution < 1.29 is 0 Å². The fourth-order valence-corrected chi connectivity index (χ4v) is 3.44. The summed E-state index contributed by atoms with van der Waals surface area (Å²) in [6.07, 6.45) is 4.81. The summed E-state index contributed by atoms with van der Waals surface area (Å²) in [4.78, 5) is 2.66. The third kappa shape index (κ3) is 3.22. The molecule has 0 aliphatic heterocycles. The predicted octanol–water partition coefficient (Wildman–Crippen LogP) is 2.19. The van der Waals surface area contributed by atoms with Gasteiger partial charge in [0, 0.05) is 19.1 Å². The lowest BCUT2D eigenvalue weighted by Gasteiger charge is -2.27. The van der Waals surface area contributed by atoms with Gasteiger partial charge in [0.2, 0.25) is 0 Å². The Bertz CT molecular complexity index is 403. The lowest BCUT2D eigenvalue weighted by Crippen LogP contribution is -2.37. The fourth-order valence-electron chi connectivity index (χ4n) is 3.44. The molecule has 0 heterocycles. The first-order valence-electron chi connectivity index (χ1n) is 8.01. The van der Waals surface area contributed by atoms with Crippen molar-refractivity contribution in [1.82, 2.24) is 4.90 Å². The Morgan fingerprint density at radius 2 is 1.40 bits per heavy atom. The molecule has 1 aliphatic rings. The molecular weight excluding hydrogens is 246 g/mol. The summed E-state index contributed by atoms with van der Waals surface area (Å²) in [5.74, 6) is 0. The SMILES string of the molecule is CCCN(CCC)C1Cc2cc(CN)c(CN)cc2C1. The molecule has 112 valence electrons.